The number of rotatable bonds is 3. The molecular weight excluding hydrogens is 278 g/mol. The van der Waals surface area contributed by atoms with Gasteiger partial charge in [-0.25, -0.2) is 0 Å². The molecule has 5 nitrogen and oxygen atoms in total. The van der Waals surface area contributed by atoms with Crippen LogP contribution < -0.4 is 5.32 Å². The number of carbonyl (C=O) groups is 2. The topological polar surface area (TPSA) is 52.7 Å². The molecule has 0 saturated carbocycles. The van der Waals surface area contributed by atoms with Crippen LogP contribution >= 0.6 is 12.4 Å². The molecule has 0 spiro atoms. The zero-order valence-corrected chi connectivity index (χ0v) is 13.2. The number of hydrogen-bond donors (Lipinski definition) is 1. The normalized spacial score (nSPS) is 24.5. The molecule has 6 heteroatoms. The maximum Gasteiger partial charge on any atom is 0.240 e. The maximum atomic E-state index is 12.2. The Kier molecular flexibility index (Phi) is 6.76. The number of carbonyl (C=O) groups excluding carboxylic acids is 2. The van der Waals surface area contributed by atoms with Crippen LogP contribution in [0, 0.1) is 5.92 Å². The van der Waals surface area contributed by atoms with Gasteiger partial charge in [0.05, 0.1) is 12.5 Å². The summed E-state index contributed by atoms with van der Waals surface area (Å²) in [5, 5.41) is 3.17. The standard InChI is InChI=1S/C14H25N3O2.ClH/c1-3-16-9-6-15-12(14(16)19)10-13(18)17-7-4-11(2)5-8-17;/h11-12,15H,3-10H2,1-2H3;1H. The van der Waals surface area contributed by atoms with Gasteiger partial charge in [0.1, 0.15) is 0 Å². The van der Waals surface area contributed by atoms with Crippen LogP contribution in [0.15, 0.2) is 0 Å². The van der Waals surface area contributed by atoms with Gasteiger partial charge in [-0.05, 0) is 25.7 Å². The second-order valence-corrected chi connectivity index (χ2v) is 5.69. The Balaban J connectivity index is 0.00000200. The van der Waals surface area contributed by atoms with E-state index in [1.807, 2.05) is 16.7 Å². The molecule has 0 radical (unpaired) electrons. The second-order valence-electron chi connectivity index (χ2n) is 5.69. The Morgan fingerprint density at radius 3 is 2.55 bits per heavy atom. The first kappa shape index (κ1) is 17.2. The molecule has 0 aromatic carbocycles. The van der Waals surface area contributed by atoms with Gasteiger partial charge in [-0.3, -0.25) is 9.59 Å². The van der Waals surface area contributed by atoms with Gasteiger partial charge in [0.25, 0.3) is 0 Å². The van der Waals surface area contributed by atoms with Crippen molar-refractivity contribution in [2.24, 2.45) is 5.92 Å². The van der Waals surface area contributed by atoms with E-state index in [9.17, 15) is 9.59 Å². The molecule has 2 rings (SSSR count). The average Bonchev–Trinajstić information content (AvgIpc) is 2.42. The lowest BCUT2D eigenvalue weighted by molar-refractivity contribution is -0.141. The Hall–Kier alpha value is -0.810. The Labute approximate surface area is 127 Å². The fourth-order valence-corrected chi connectivity index (χ4v) is 2.83. The smallest absolute Gasteiger partial charge is 0.240 e. The van der Waals surface area contributed by atoms with Gasteiger partial charge in [0.2, 0.25) is 11.8 Å². The van der Waals surface area contributed by atoms with Crippen molar-refractivity contribution in [2.75, 3.05) is 32.7 Å². The van der Waals surface area contributed by atoms with Crippen molar-refractivity contribution in [3.05, 3.63) is 0 Å². The first-order valence-electron chi connectivity index (χ1n) is 7.41. The van der Waals surface area contributed by atoms with Crippen LogP contribution in [0.2, 0.25) is 0 Å². The van der Waals surface area contributed by atoms with Crippen molar-refractivity contribution in [3.63, 3.8) is 0 Å². The minimum atomic E-state index is -0.319. The molecule has 1 atom stereocenters. The maximum absolute atomic E-state index is 12.2. The highest BCUT2D eigenvalue weighted by atomic mass is 35.5. The number of nitrogens with zero attached hydrogens (tertiary/aromatic N) is 2. The van der Waals surface area contributed by atoms with Gasteiger partial charge in [0, 0.05) is 32.7 Å². The molecule has 116 valence electrons. The predicted molar refractivity (Wildman–Crippen MR) is 80.9 cm³/mol. The van der Waals surface area contributed by atoms with Gasteiger partial charge in [-0.15, -0.1) is 12.4 Å². The van der Waals surface area contributed by atoms with Crippen molar-refractivity contribution in [1.29, 1.82) is 0 Å². The summed E-state index contributed by atoms with van der Waals surface area (Å²) in [6.45, 7) is 8.17. The molecule has 0 aromatic heterocycles. The van der Waals surface area contributed by atoms with E-state index in [0.29, 0.717) is 12.3 Å². The number of likely N-dealkylation sites (N-methyl/N-ethyl adjacent to an activating group) is 1. The highest BCUT2D eigenvalue weighted by Gasteiger charge is 2.31. The SMILES string of the molecule is CCN1CCNC(CC(=O)N2CCC(C)CC2)C1=O.Cl. The monoisotopic (exact) mass is 303 g/mol. The molecule has 0 aromatic rings. The zero-order valence-electron chi connectivity index (χ0n) is 12.4. The first-order chi connectivity index (χ1) is 9.11. The lowest BCUT2D eigenvalue weighted by Crippen LogP contribution is -2.56. The van der Waals surface area contributed by atoms with Gasteiger partial charge in [-0.2, -0.15) is 0 Å². The van der Waals surface area contributed by atoms with Crippen LogP contribution in [0.25, 0.3) is 0 Å². The summed E-state index contributed by atoms with van der Waals surface area (Å²) in [5.74, 6) is 0.914. The van der Waals surface area contributed by atoms with Gasteiger partial charge < -0.3 is 15.1 Å². The fraction of sp³-hybridized carbons (Fsp3) is 0.857. The van der Waals surface area contributed by atoms with Crippen molar-refractivity contribution < 1.29 is 9.59 Å². The third-order valence-corrected chi connectivity index (χ3v) is 4.28. The summed E-state index contributed by atoms with van der Waals surface area (Å²) in [6, 6.07) is -0.319. The Morgan fingerprint density at radius 1 is 1.30 bits per heavy atom. The average molecular weight is 304 g/mol. The molecule has 2 aliphatic rings. The molecule has 2 aliphatic heterocycles. The second kappa shape index (κ2) is 7.84. The van der Waals surface area contributed by atoms with E-state index in [4.69, 9.17) is 0 Å². The van der Waals surface area contributed by atoms with E-state index in [-0.39, 0.29) is 30.3 Å². The highest BCUT2D eigenvalue weighted by Crippen LogP contribution is 2.17. The molecule has 1 N–H and O–H groups in total. The van der Waals surface area contributed by atoms with Crippen LogP contribution in [0.5, 0.6) is 0 Å². The van der Waals surface area contributed by atoms with Gasteiger partial charge in [-0.1, -0.05) is 6.92 Å². The summed E-state index contributed by atoms with van der Waals surface area (Å²) < 4.78 is 0. The van der Waals surface area contributed by atoms with Crippen molar-refractivity contribution in [3.8, 4) is 0 Å². The zero-order chi connectivity index (χ0) is 13.8. The summed E-state index contributed by atoms with van der Waals surface area (Å²) >= 11 is 0. The number of hydrogen-bond acceptors (Lipinski definition) is 3. The summed E-state index contributed by atoms with van der Waals surface area (Å²) in [7, 11) is 0. The van der Waals surface area contributed by atoms with Gasteiger partial charge >= 0.3 is 0 Å². The molecule has 2 fully saturated rings. The Bertz CT molecular complexity index is 343. The third-order valence-electron chi connectivity index (χ3n) is 4.28. The number of amides is 2. The molecule has 2 heterocycles. The molecule has 2 saturated heterocycles. The highest BCUT2D eigenvalue weighted by molar-refractivity contribution is 5.89. The van der Waals surface area contributed by atoms with Crippen molar-refractivity contribution in [1.82, 2.24) is 15.1 Å². The van der Waals surface area contributed by atoms with Gasteiger partial charge in [0.15, 0.2) is 0 Å². The molecule has 0 bridgehead atoms. The van der Waals surface area contributed by atoms with E-state index >= 15 is 0 Å². The van der Waals surface area contributed by atoms with E-state index in [0.717, 1.165) is 45.6 Å². The largest absolute Gasteiger partial charge is 0.343 e. The minimum absolute atomic E-state index is 0. The van der Waals surface area contributed by atoms with Crippen molar-refractivity contribution >= 4 is 24.2 Å². The number of piperidine rings is 1. The fourth-order valence-electron chi connectivity index (χ4n) is 2.83. The third kappa shape index (κ3) is 4.09. The molecule has 2 amide bonds. The first-order valence-corrected chi connectivity index (χ1v) is 7.41. The summed E-state index contributed by atoms with van der Waals surface area (Å²) in [5.41, 5.74) is 0. The lowest BCUT2D eigenvalue weighted by Gasteiger charge is -2.35. The minimum Gasteiger partial charge on any atom is -0.343 e. The van der Waals surface area contributed by atoms with E-state index in [1.54, 1.807) is 0 Å². The summed E-state index contributed by atoms with van der Waals surface area (Å²) in [4.78, 5) is 28.1. The molecular formula is C14H26ClN3O2. The predicted octanol–water partition coefficient (Wildman–Crippen LogP) is 0.877. The van der Waals surface area contributed by atoms with E-state index < -0.39 is 0 Å². The quantitative estimate of drug-likeness (QED) is 0.842. The summed E-state index contributed by atoms with van der Waals surface area (Å²) in [6.07, 6.45) is 2.47. The number of piperazine rings is 1. The number of nitrogens with one attached hydrogen (secondary N) is 1. The van der Waals surface area contributed by atoms with E-state index in [1.165, 1.54) is 0 Å². The molecule has 0 aliphatic carbocycles. The number of likely N-dealkylation sites (tertiary alicyclic amines) is 1. The van der Waals surface area contributed by atoms with E-state index in [2.05, 4.69) is 12.2 Å². The van der Waals surface area contributed by atoms with Crippen LogP contribution in [-0.4, -0.2) is 60.4 Å². The molecule has 20 heavy (non-hydrogen) atoms. The van der Waals surface area contributed by atoms with Crippen LogP contribution in [0.1, 0.15) is 33.1 Å². The number of halogens is 1. The Morgan fingerprint density at radius 2 is 1.95 bits per heavy atom. The van der Waals surface area contributed by atoms with Crippen LogP contribution in [0.4, 0.5) is 0 Å². The van der Waals surface area contributed by atoms with Crippen molar-refractivity contribution in [2.45, 2.75) is 39.2 Å². The van der Waals surface area contributed by atoms with Crippen LogP contribution in [0.3, 0.4) is 0 Å². The lowest BCUT2D eigenvalue weighted by atomic mass is 9.98. The van der Waals surface area contributed by atoms with Crippen LogP contribution in [-0.2, 0) is 9.59 Å². The molecule has 1 unspecified atom stereocenters.